The predicted octanol–water partition coefficient (Wildman–Crippen LogP) is 3.19. The second kappa shape index (κ2) is 7.23. The van der Waals surface area contributed by atoms with Crippen LogP contribution in [0.5, 0.6) is 0 Å². The Morgan fingerprint density at radius 3 is 2.91 bits per heavy atom. The molecular formula is C18H23N3OS. The van der Waals surface area contributed by atoms with Gasteiger partial charge in [0.05, 0.1) is 10.7 Å². The molecule has 1 fully saturated rings. The molecule has 2 heterocycles. The van der Waals surface area contributed by atoms with E-state index in [1.54, 1.807) is 0 Å². The van der Waals surface area contributed by atoms with Gasteiger partial charge in [-0.2, -0.15) is 0 Å². The zero-order chi connectivity index (χ0) is 16.2. The number of likely N-dealkylation sites (tertiary alicyclic amines) is 1. The summed E-state index contributed by atoms with van der Waals surface area (Å²) in [6, 6.07) is 9.93. The molecule has 0 radical (unpaired) electrons. The maximum absolute atomic E-state index is 12.6. The number of amides is 1. The Morgan fingerprint density at radius 2 is 2.17 bits per heavy atom. The van der Waals surface area contributed by atoms with Crippen molar-refractivity contribution < 1.29 is 4.79 Å². The van der Waals surface area contributed by atoms with E-state index < -0.39 is 0 Å². The normalized spacial score (nSPS) is 18.8. The lowest BCUT2D eigenvalue weighted by molar-refractivity contribution is 0.0941. The zero-order valence-corrected chi connectivity index (χ0v) is 14.5. The van der Waals surface area contributed by atoms with E-state index in [1.807, 2.05) is 37.3 Å². The first-order chi connectivity index (χ1) is 11.1. The summed E-state index contributed by atoms with van der Waals surface area (Å²) in [5.41, 5.74) is 1.80. The monoisotopic (exact) mass is 329 g/mol. The molecule has 1 atom stereocenters. The molecule has 0 unspecified atom stereocenters. The molecule has 1 aromatic carbocycles. The number of carbonyl (C=O) groups is 1. The molecule has 1 aromatic heterocycles. The SMILES string of the molecule is Cc1nc(-c2ccccc2)c(C(=O)NC[C@@H]2CCCN(C)C2)s1. The van der Waals surface area contributed by atoms with Crippen LogP contribution in [0.2, 0.25) is 0 Å². The molecule has 0 aliphatic carbocycles. The molecule has 0 spiro atoms. The van der Waals surface area contributed by atoms with Crippen molar-refractivity contribution in [3.05, 3.63) is 40.2 Å². The predicted molar refractivity (Wildman–Crippen MR) is 94.8 cm³/mol. The summed E-state index contributed by atoms with van der Waals surface area (Å²) < 4.78 is 0. The van der Waals surface area contributed by atoms with Gasteiger partial charge in [-0.1, -0.05) is 30.3 Å². The van der Waals surface area contributed by atoms with E-state index in [2.05, 4.69) is 22.2 Å². The van der Waals surface area contributed by atoms with E-state index in [1.165, 1.54) is 24.2 Å². The number of benzene rings is 1. The second-order valence-corrected chi connectivity index (χ2v) is 7.46. The van der Waals surface area contributed by atoms with E-state index in [9.17, 15) is 4.79 Å². The van der Waals surface area contributed by atoms with Crippen LogP contribution in [-0.4, -0.2) is 42.5 Å². The molecule has 1 amide bonds. The first kappa shape index (κ1) is 16.1. The fourth-order valence-electron chi connectivity index (χ4n) is 3.13. The summed E-state index contributed by atoms with van der Waals surface area (Å²) in [7, 11) is 2.15. The van der Waals surface area contributed by atoms with Gasteiger partial charge in [-0.3, -0.25) is 4.79 Å². The molecule has 1 aliphatic heterocycles. The Morgan fingerprint density at radius 1 is 1.39 bits per heavy atom. The van der Waals surface area contributed by atoms with Crippen LogP contribution in [0.1, 0.15) is 27.5 Å². The summed E-state index contributed by atoms with van der Waals surface area (Å²) in [6.45, 7) is 4.92. The lowest BCUT2D eigenvalue weighted by atomic mass is 9.98. The van der Waals surface area contributed by atoms with Gasteiger partial charge in [0.1, 0.15) is 4.88 Å². The van der Waals surface area contributed by atoms with E-state index in [0.29, 0.717) is 5.92 Å². The molecule has 0 saturated carbocycles. The van der Waals surface area contributed by atoms with Gasteiger partial charge in [0, 0.05) is 18.7 Å². The molecule has 4 nitrogen and oxygen atoms in total. The number of rotatable bonds is 4. The van der Waals surface area contributed by atoms with Gasteiger partial charge in [0.2, 0.25) is 0 Å². The van der Waals surface area contributed by atoms with Crippen LogP contribution in [0.4, 0.5) is 0 Å². The summed E-state index contributed by atoms with van der Waals surface area (Å²) in [5, 5.41) is 4.04. The van der Waals surface area contributed by atoms with Gasteiger partial charge in [0.15, 0.2) is 0 Å². The number of nitrogens with one attached hydrogen (secondary N) is 1. The van der Waals surface area contributed by atoms with Gasteiger partial charge in [0.25, 0.3) is 5.91 Å². The van der Waals surface area contributed by atoms with E-state index in [4.69, 9.17) is 0 Å². The molecule has 2 aromatic rings. The largest absolute Gasteiger partial charge is 0.351 e. The van der Waals surface area contributed by atoms with Gasteiger partial charge in [-0.05, 0) is 39.3 Å². The second-order valence-electron chi connectivity index (χ2n) is 6.26. The van der Waals surface area contributed by atoms with E-state index >= 15 is 0 Å². The standard InChI is InChI=1S/C18H23N3OS/c1-13-20-16(15-8-4-3-5-9-15)17(23-13)18(22)19-11-14-7-6-10-21(2)12-14/h3-5,8-9,14H,6-7,10-12H2,1-2H3,(H,19,22)/t14-/m0/s1. The number of hydrogen-bond acceptors (Lipinski definition) is 4. The van der Waals surface area contributed by atoms with Gasteiger partial charge < -0.3 is 10.2 Å². The first-order valence-electron chi connectivity index (χ1n) is 8.13. The van der Waals surface area contributed by atoms with Crippen molar-refractivity contribution in [3.8, 4) is 11.3 Å². The average molecular weight is 329 g/mol. The van der Waals surface area contributed by atoms with Gasteiger partial charge in [-0.25, -0.2) is 4.98 Å². The minimum atomic E-state index is 0.00248. The number of thiazole rings is 1. The minimum Gasteiger partial charge on any atom is -0.351 e. The molecule has 1 N–H and O–H groups in total. The van der Waals surface area contributed by atoms with Crippen LogP contribution in [0, 0.1) is 12.8 Å². The van der Waals surface area contributed by atoms with Crippen molar-refractivity contribution in [2.24, 2.45) is 5.92 Å². The highest BCUT2D eigenvalue weighted by atomic mass is 32.1. The Balaban J connectivity index is 1.70. The number of carbonyl (C=O) groups excluding carboxylic acids is 1. The van der Waals surface area contributed by atoms with Crippen LogP contribution in [0.3, 0.4) is 0 Å². The summed E-state index contributed by atoms with van der Waals surface area (Å²) >= 11 is 1.47. The van der Waals surface area contributed by atoms with Crippen molar-refractivity contribution in [3.63, 3.8) is 0 Å². The number of aromatic nitrogens is 1. The lowest BCUT2D eigenvalue weighted by Crippen LogP contribution is -2.39. The highest BCUT2D eigenvalue weighted by molar-refractivity contribution is 7.14. The Hall–Kier alpha value is -1.72. The molecule has 23 heavy (non-hydrogen) atoms. The molecule has 122 valence electrons. The molecule has 1 saturated heterocycles. The van der Waals surface area contributed by atoms with Crippen LogP contribution < -0.4 is 5.32 Å². The Kier molecular flexibility index (Phi) is 5.08. The number of nitrogens with zero attached hydrogens (tertiary/aromatic N) is 2. The smallest absolute Gasteiger partial charge is 0.263 e. The topological polar surface area (TPSA) is 45.2 Å². The van der Waals surface area contributed by atoms with Crippen LogP contribution in [-0.2, 0) is 0 Å². The first-order valence-corrected chi connectivity index (χ1v) is 8.94. The van der Waals surface area contributed by atoms with Gasteiger partial charge >= 0.3 is 0 Å². The highest BCUT2D eigenvalue weighted by Crippen LogP contribution is 2.28. The molecular weight excluding hydrogens is 306 g/mol. The molecule has 3 rings (SSSR count). The highest BCUT2D eigenvalue weighted by Gasteiger charge is 2.21. The van der Waals surface area contributed by atoms with Crippen molar-refractivity contribution in [1.29, 1.82) is 0 Å². The van der Waals surface area contributed by atoms with Crippen LogP contribution in [0.25, 0.3) is 11.3 Å². The van der Waals surface area contributed by atoms with E-state index in [-0.39, 0.29) is 5.91 Å². The van der Waals surface area contributed by atoms with Crippen molar-refractivity contribution in [2.75, 3.05) is 26.7 Å². The van der Waals surface area contributed by atoms with Crippen LogP contribution in [0.15, 0.2) is 30.3 Å². The fraction of sp³-hybridized carbons (Fsp3) is 0.444. The van der Waals surface area contributed by atoms with Crippen molar-refractivity contribution in [2.45, 2.75) is 19.8 Å². The van der Waals surface area contributed by atoms with Gasteiger partial charge in [-0.15, -0.1) is 11.3 Å². The van der Waals surface area contributed by atoms with Crippen molar-refractivity contribution in [1.82, 2.24) is 15.2 Å². The maximum atomic E-state index is 12.6. The third-order valence-corrected chi connectivity index (χ3v) is 5.23. The van der Waals surface area contributed by atoms with E-state index in [0.717, 1.165) is 40.8 Å². The van der Waals surface area contributed by atoms with Crippen molar-refractivity contribution >= 4 is 17.2 Å². The third-order valence-electron chi connectivity index (χ3n) is 4.26. The quantitative estimate of drug-likeness (QED) is 0.937. The Labute approximate surface area is 141 Å². The molecule has 0 bridgehead atoms. The summed E-state index contributed by atoms with van der Waals surface area (Å²) in [4.78, 5) is 20.2. The zero-order valence-electron chi connectivity index (χ0n) is 13.7. The molecule has 5 heteroatoms. The Bertz CT molecular complexity index is 668. The number of hydrogen-bond donors (Lipinski definition) is 1. The van der Waals surface area contributed by atoms with Crippen LogP contribution >= 0.6 is 11.3 Å². The number of aryl methyl sites for hydroxylation is 1. The third kappa shape index (κ3) is 3.98. The minimum absolute atomic E-state index is 0.00248. The maximum Gasteiger partial charge on any atom is 0.263 e. The summed E-state index contributed by atoms with van der Waals surface area (Å²) in [5.74, 6) is 0.551. The summed E-state index contributed by atoms with van der Waals surface area (Å²) in [6.07, 6.45) is 2.41. The average Bonchev–Trinajstić information content (AvgIpc) is 2.95. The molecule has 1 aliphatic rings. The lowest BCUT2D eigenvalue weighted by Gasteiger charge is -2.29. The fourth-order valence-corrected chi connectivity index (χ4v) is 3.99. The number of piperidine rings is 1.